The number of carbonyl (C=O) groups excluding carboxylic acids is 2. The van der Waals surface area contributed by atoms with Crippen LogP contribution in [0.5, 0.6) is 11.5 Å². The number of rotatable bonds is 18. The monoisotopic (exact) mass is 720 g/mol. The molecule has 2 aromatic rings. The van der Waals surface area contributed by atoms with Crippen molar-refractivity contribution in [3.05, 3.63) is 59.7 Å². The van der Waals surface area contributed by atoms with Crippen LogP contribution < -0.4 is 9.47 Å². The zero-order valence-electron chi connectivity index (χ0n) is 30.8. The predicted octanol–water partition coefficient (Wildman–Crippen LogP) is 8.19. The Balaban J connectivity index is 0.798. The molecule has 0 radical (unpaired) electrons. The lowest BCUT2D eigenvalue weighted by Crippen LogP contribution is -2.29. The third kappa shape index (κ3) is 10.5. The Labute approximate surface area is 308 Å². The summed E-state index contributed by atoms with van der Waals surface area (Å²) in [4.78, 5) is 25.9. The molecule has 3 aliphatic carbocycles. The molecule has 5 aliphatic rings. The molecule has 10 nitrogen and oxygen atoms in total. The van der Waals surface area contributed by atoms with Crippen LogP contribution >= 0.6 is 0 Å². The number of benzene rings is 2. The van der Waals surface area contributed by atoms with Gasteiger partial charge in [0.25, 0.3) is 0 Å². The summed E-state index contributed by atoms with van der Waals surface area (Å²) in [5.41, 5.74) is 0.955. The lowest BCUT2D eigenvalue weighted by molar-refractivity contribution is -0.0983. The van der Waals surface area contributed by atoms with E-state index < -0.39 is 0 Å². The fourth-order valence-corrected chi connectivity index (χ4v) is 7.94. The number of carbonyl (C=O) groups is 2. The third-order valence-corrected chi connectivity index (χ3v) is 11.2. The van der Waals surface area contributed by atoms with Gasteiger partial charge in [-0.25, -0.2) is 9.59 Å². The normalized spacial score (nSPS) is 30.2. The van der Waals surface area contributed by atoms with Gasteiger partial charge in [-0.3, -0.25) is 0 Å². The summed E-state index contributed by atoms with van der Waals surface area (Å²) in [6, 6.07) is 14.2. The van der Waals surface area contributed by atoms with E-state index in [1.165, 1.54) is 0 Å². The van der Waals surface area contributed by atoms with Gasteiger partial charge < -0.3 is 37.9 Å². The van der Waals surface area contributed by atoms with E-state index in [1.54, 1.807) is 48.5 Å². The van der Waals surface area contributed by atoms with Gasteiger partial charge in [0.2, 0.25) is 0 Å². The summed E-state index contributed by atoms with van der Waals surface area (Å²) < 4.78 is 47.6. The molecule has 2 aliphatic heterocycles. The van der Waals surface area contributed by atoms with Crippen LogP contribution in [0.4, 0.5) is 0 Å². The molecular weight excluding hydrogens is 664 g/mol. The summed E-state index contributed by atoms with van der Waals surface area (Å²) in [7, 11) is 0. The van der Waals surface area contributed by atoms with Crippen LogP contribution in [0.2, 0.25) is 0 Å². The molecule has 0 N–H and O–H groups in total. The fraction of sp³-hybridized carbons (Fsp3) is 0.667. The Morgan fingerprint density at radius 1 is 0.577 bits per heavy atom. The highest BCUT2D eigenvalue weighted by atomic mass is 16.7. The smallest absolute Gasteiger partial charge is 0.338 e. The summed E-state index contributed by atoms with van der Waals surface area (Å²) in [6.07, 6.45) is 13.5. The molecule has 3 saturated carbocycles. The van der Waals surface area contributed by atoms with Crippen molar-refractivity contribution in [3.8, 4) is 11.5 Å². The minimum atomic E-state index is -0.361. The maximum Gasteiger partial charge on any atom is 0.338 e. The lowest BCUT2D eigenvalue weighted by Gasteiger charge is -2.28. The van der Waals surface area contributed by atoms with Crippen LogP contribution in [0.15, 0.2) is 48.5 Å². The van der Waals surface area contributed by atoms with Gasteiger partial charge in [-0.1, -0.05) is 26.7 Å². The summed E-state index contributed by atoms with van der Waals surface area (Å²) in [5, 5.41) is 0. The number of hydrogen-bond acceptors (Lipinski definition) is 10. The molecule has 284 valence electrons. The van der Waals surface area contributed by atoms with Gasteiger partial charge in [0, 0.05) is 12.8 Å². The van der Waals surface area contributed by atoms with Gasteiger partial charge >= 0.3 is 11.9 Å². The topological polar surface area (TPSA) is 115 Å². The van der Waals surface area contributed by atoms with Crippen molar-refractivity contribution in [2.24, 2.45) is 11.8 Å². The van der Waals surface area contributed by atoms with Crippen LogP contribution in [0.1, 0.15) is 124 Å². The maximum absolute atomic E-state index is 12.9. The Bertz CT molecular complexity index is 1330. The second kappa shape index (κ2) is 17.8. The Morgan fingerprint density at radius 3 is 1.35 bits per heavy atom. The molecule has 10 heteroatoms. The van der Waals surface area contributed by atoms with Crippen LogP contribution in [0.25, 0.3) is 0 Å². The lowest BCUT2D eigenvalue weighted by atomic mass is 9.90. The summed E-state index contributed by atoms with van der Waals surface area (Å²) in [5.74, 6) is 1.65. The first kappa shape index (κ1) is 37.1. The van der Waals surface area contributed by atoms with E-state index in [2.05, 4.69) is 13.8 Å². The molecule has 2 heterocycles. The van der Waals surface area contributed by atoms with E-state index in [9.17, 15) is 9.59 Å². The Morgan fingerprint density at radius 2 is 0.981 bits per heavy atom. The molecule has 52 heavy (non-hydrogen) atoms. The van der Waals surface area contributed by atoms with Crippen molar-refractivity contribution < 1.29 is 47.5 Å². The van der Waals surface area contributed by atoms with Gasteiger partial charge in [0.1, 0.15) is 23.7 Å². The van der Waals surface area contributed by atoms with Crippen molar-refractivity contribution in [1.82, 2.24) is 0 Å². The van der Waals surface area contributed by atoms with E-state index in [4.69, 9.17) is 37.9 Å². The highest BCUT2D eigenvalue weighted by Gasteiger charge is 2.44. The molecule has 0 amide bonds. The average Bonchev–Trinajstić information content (AvgIpc) is 4.10. The molecule has 0 bridgehead atoms. The second-order valence-corrected chi connectivity index (χ2v) is 15.4. The second-order valence-electron chi connectivity index (χ2n) is 15.4. The van der Waals surface area contributed by atoms with Crippen LogP contribution in [-0.4, -0.2) is 74.4 Å². The van der Waals surface area contributed by atoms with E-state index in [-0.39, 0.29) is 36.7 Å². The largest absolute Gasteiger partial charge is 0.465 e. The van der Waals surface area contributed by atoms with Crippen molar-refractivity contribution >= 4 is 11.9 Å². The van der Waals surface area contributed by atoms with Crippen LogP contribution in [0.3, 0.4) is 0 Å². The van der Waals surface area contributed by atoms with Crippen LogP contribution in [-0.2, 0) is 28.4 Å². The van der Waals surface area contributed by atoms with Crippen molar-refractivity contribution in [3.63, 3.8) is 0 Å². The molecule has 5 fully saturated rings. The molecule has 8 unspecified atom stereocenters. The van der Waals surface area contributed by atoms with E-state index in [0.29, 0.717) is 97.8 Å². The molecule has 8 atom stereocenters. The molecule has 7 rings (SSSR count). The number of ether oxygens (including phenoxy) is 8. The third-order valence-electron chi connectivity index (χ3n) is 11.2. The number of fused-ring (bicyclic) bond motifs is 2. The molecule has 2 aromatic carbocycles. The van der Waals surface area contributed by atoms with Crippen molar-refractivity contribution in [1.29, 1.82) is 0 Å². The van der Waals surface area contributed by atoms with Gasteiger partial charge in [-0.05, 0) is 125 Å². The number of esters is 2. The Kier molecular flexibility index (Phi) is 12.7. The predicted molar refractivity (Wildman–Crippen MR) is 192 cm³/mol. The van der Waals surface area contributed by atoms with E-state index in [1.807, 2.05) is 0 Å². The minimum Gasteiger partial charge on any atom is -0.465 e. The molecule has 0 aromatic heterocycles. The first-order chi connectivity index (χ1) is 25.4. The summed E-state index contributed by atoms with van der Waals surface area (Å²) in [6.45, 7) is 5.59. The molecule has 2 saturated heterocycles. The highest BCUT2D eigenvalue weighted by Crippen LogP contribution is 2.40. The summed E-state index contributed by atoms with van der Waals surface area (Å²) >= 11 is 0. The SMILES string of the molecule is CCCC(OCC1CCC2OC2C1)Oc1ccc(C(=O)OC2CCC(OC(=O)c3ccc(OC(CCC)OCC4CCC5OC5C4)cc3)CC2)cc1. The standard InChI is InChI=1S/C42H56O10/c1-3-5-39(45-25-27-7-21-35-37(23-27)51-35)47-31-13-9-29(10-14-31)41(43)49-33-17-19-34(20-18-33)50-42(44)30-11-15-32(16-12-30)48-40(6-4-2)46-26-28-8-22-36-38(24-28)52-36/h9-16,27-28,33-40H,3-8,17-26H2,1-2H3. The van der Waals surface area contributed by atoms with Crippen LogP contribution in [0, 0.1) is 11.8 Å². The number of hydrogen-bond donors (Lipinski definition) is 0. The zero-order valence-corrected chi connectivity index (χ0v) is 30.8. The Hall–Kier alpha value is -3.18. The van der Waals surface area contributed by atoms with Crippen molar-refractivity contribution in [2.75, 3.05) is 13.2 Å². The quantitative estimate of drug-likeness (QED) is 0.0848. The maximum atomic E-state index is 12.9. The van der Waals surface area contributed by atoms with Crippen molar-refractivity contribution in [2.45, 2.75) is 153 Å². The highest BCUT2D eigenvalue weighted by molar-refractivity contribution is 5.90. The van der Waals surface area contributed by atoms with Gasteiger partial charge in [0.15, 0.2) is 12.6 Å². The number of epoxide rings is 2. The minimum absolute atomic E-state index is 0.219. The molecule has 0 spiro atoms. The zero-order chi connectivity index (χ0) is 35.9. The van der Waals surface area contributed by atoms with Gasteiger partial charge in [-0.15, -0.1) is 0 Å². The average molecular weight is 721 g/mol. The van der Waals surface area contributed by atoms with Gasteiger partial charge in [-0.2, -0.15) is 0 Å². The first-order valence-electron chi connectivity index (χ1n) is 19.9. The van der Waals surface area contributed by atoms with E-state index >= 15 is 0 Å². The fourth-order valence-electron chi connectivity index (χ4n) is 7.94. The first-order valence-corrected chi connectivity index (χ1v) is 19.9. The van der Waals surface area contributed by atoms with E-state index in [0.717, 1.165) is 64.2 Å². The molecular formula is C42H56O10. The van der Waals surface area contributed by atoms with Gasteiger partial charge in [0.05, 0.1) is 48.8 Å².